The predicted molar refractivity (Wildman–Crippen MR) is 66.0 cm³/mol. The first-order valence-electron chi connectivity index (χ1n) is 6.23. The molecule has 1 amide bonds. The van der Waals surface area contributed by atoms with E-state index in [9.17, 15) is 9.59 Å². The van der Waals surface area contributed by atoms with Gasteiger partial charge in [0.1, 0.15) is 0 Å². The fourth-order valence-electron chi connectivity index (χ4n) is 1.83. The van der Waals surface area contributed by atoms with Crippen molar-refractivity contribution in [2.45, 2.75) is 38.1 Å². The summed E-state index contributed by atoms with van der Waals surface area (Å²) in [6, 6.07) is -0.737. The highest BCUT2D eigenvalue weighted by Gasteiger charge is 2.42. The Morgan fingerprint density at radius 3 is 2.67 bits per heavy atom. The van der Waals surface area contributed by atoms with Crippen molar-refractivity contribution in [2.75, 3.05) is 20.3 Å². The van der Waals surface area contributed by atoms with Gasteiger partial charge in [-0.25, -0.2) is 0 Å². The molecule has 6 heteroatoms. The molecule has 0 spiro atoms. The van der Waals surface area contributed by atoms with Gasteiger partial charge in [-0.3, -0.25) is 9.59 Å². The van der Waals surface area contributed by atoms with Crippen LogP contribution < -0.4 is 11.1 Å². The Bertz CT molecular complexity index is 302. The number of ether oxygens (including phenoxy) is 1. The van der Waals surface area contributed by atoms with E-state index in [-0.39, 0.29) is 24.2 Å². The van der Waals surface area contributed by atoms with Crippen LogP contribution in [0, 0.1) is 5.41 Å². The maximum absolute atomic E-state index is 11.6. The van der Waals surface area contributed by atoms with Gasteiger partial charge >= 0.3 is 5.97 Å². The Hall–Kier alpha value is -1.14. The van der Waals surface area contributed by atoms with Crippen LogP contribution in [0.15, 0.2) is 0 Å². The van der Waals surface area contributed by atoms with Crippen molar-refractivity contribution in [2.24, 2.45) is 11.1 Å². The summed E-state index contributed by atoms with van der Waals surface area (Å²) in [5.41, 5.74) is 5.79. The normalized spacial score (nSPS) is 18.1. The largest absolute Gasteiger partial charge is 0.481 e. The van der Waals surface area contributed by atoms with Crippen LogP contribution in [-0.2, 0) is 14.3 Å². The zero-order valence-electron chi connectivity index (χ0n) is 10.8. The molecule has 1 unspecified atom stereocenters. The SMILES string of the molecule is COCCC1(CNC(=O)C(N)CCC(=O)O)CC1. The van der Waals surface area contributed by atoms with Gasteiger partial charge in [0.15, 0.2) is 0 Å². The number of carbonyl (C=O) groups excluding carboxylic acids is 1. The van der Waals surface area contributed by atoms with Gasteiger partial charge in [-0.2, -0.15) is 0 Å². The van der Waals surface area contributed by atoms with E-state index in [0.29, 0.717) is 13.2 Å². The third-order valence-corrected chi connectivity index (χ3v) is 3.44. The van der Waals surface area contributed by atoms with Gasteiger partial charge in [0.05, 0.1) is 6.04 Å². The number of amides is 1. The zero-order valence-corrected chi connectivity index (χ0v) is 10.8. The quantitative estimate of drug-likeness (QED) is 0.545. The van der Waals surface area contributed by atoms with Crippen LogP contribution in [0.5, 0.6) is 0 Å². The Balaban J connectivity index is 2.22. The van der Waals surface area contributed by atoms with Gasteiger partial charge in [-0.15, -0.1) is 0 Å². The Kier molecular flexibility index (Phi) is 5.55. The van der Waals surface area contributed by atoms with E-state index < -0.39 is 12.0 Å². The first-order valence-corrected chi connectivity index (χ1v) is 6.23. The summed E-state index contributed by atoms with van der Waals surface area (Å²) in [5.74, 6) is -1.20. The van der Waals surface area contributed by atoms with Crippen LogP contribution in [-0.4, -0.2) is 43.3 Å². The molecule has 0 aromatic heterocycles. The lowest BCUT2D eigenvalue weighted by Crippen LogP contribution is -2.43. The molecule has 1 atom stereocenters. The lowest BCUT2D eigenvalue weighted by molar-refractivity contribution is -0.137. The van der Waals surface area contributed by atoms with Crippen molar-refractivity contribution in [3.63, 3.8) is 0 Å². The van der Waals surface area contributed by atoms with Gasteiger partial charge in [-0.05, 0) is 31.1 Å². The number of aliphatic carboxylic acids is 1. The van der Waals surface area contributed by atoms with Crippen molar-refractivity contribution >= 4 is 11.9 Å². The highest BCUT2D eigenvalue weighted by atomic mass is 16.5. The number of hydrogen-bond acceptors (Lipinski definition) is 4. The molecule has 0 saturated heterocycles. The van der Waals surface area contributed by atoms with Gasteiger partial charge in [0, 0.05) is 26.7 Å². The smallest absolute Gasteiger partial charge is 0.303 e. The molecule has 0 bridgehead atoms. The summed E-state index contributed by atoms with van der Waals surface area (Å²) in [6.07, 6.45) is 3.23. The summed E-state index contributed by atoms with van der Waals surface area (Å²) < 4.78 is 5.03. The molecule has 1 fully saturated rings. The van der Waals surface area contributed by atoms with Crippen molar-refractivity contribution in [3.05, 3.63) is 0 Å². The number of nitrogens with two attached hydrogens (primary N) is 1. The fourth-order valence-corrected chi connectivity index (χ4v) is 1.83. The van der Waals surface area contributed by atoms with Crippen molar-refractivity contribution in [3.8, 4) is 0 Å². The van der Waals surface area contributed by atoms with Gasteiger partial charge in [-0.1, -0.05) is 0 Å². The summed E-state index contributed by atoms with van der Waals surface area (Å²) in [6.45, 7) is 1.30. The van der Waals surface area contributed by atoms with Crippen LogP contribution in [0.2, 0.25) is 0 Å². The monoisotopic (exact) mass is 258 g/mol. The molecule has 1 rings (SSSR count). The third-order valence-electron chi connectivity index (χ3n) is 3.44. The van der Waals surface area contributed by atoms with Crippen LogP contribution >= 0.6 is 0 Å². The first kappa shape index (κ1) is 14.9. The Labute approximate surface area is 107 Å². The second-order valence-electron chi connectivity index (χ2n) is 5.00. The fraction of sp³-hybridized carbons (Fsp3) is 0.833. The first-order chi connectivity index (χ1) is 8.49. The Morgan fingerprint density at radius 1 is 1.50 bits per heavy atom. The molecule has 0 radical (unpaired) electrons. The van der Waals surface area contributed by atoms with Crippen LogP contribution in [0.25, 0.3) is 0 Å². The minimum atomic E-state index is -0.933. The molecule has 18 heavy (non-hydrogen) atoms. The molecule has 0 aromatic carbocycles. The van der Waals surface area contributed by atoms with E-state index in [1.807, 2.05) is 0 Å². The second kappa shape index (κ2) is 6.70. The molecular weight excluding hydrogens is 236 g/mol. The molecule has 1 saturated carbocycles. The molecule has 1 aliphatic carbocycles. The Morgan fingerprint density at radius 2 is 2.17 bits per heavy atom. The number of methoxy groups -OCH3 is 1. The lowest BCUT2D eigenvalue weighted by Gasteiger charge is -2.17. The van der Waals surface area contributed by atoms with E-state index >= 15 is 0 Å². The number of nitrogens with one attached hydrogen (secondary N) is 1. The second-order valence-corrected chi connectivity index (χ2v) is 5.00. The highest BCUT2D eigenvalue weighted by molar-refractivity contribution is 5.82. The molecular formula is C12H22N2O4. The topological polar surface area (TPSA) is 102 Å². The minimum Gasteiger partial charge on any atom is -0.481 e. The standard InChI is InChI=1S/C12H22N2O4/c1-18-7-6-12(4-5-12)8-14-11(17)9(13)2-3-10(15)16/h9H,2-8,13H2,1H3,(H,14,17)(H,15,16). The lowest BCUT2D eigenvalue weighted by atomic mass is 10.0. The van der Waals surface area contributed by atoms with Crippen molar-refractivity contribution in [1.82, 2.24) is 5.32 Å². The van der Waals surface area contributed by atoms with E-state index in [4.69, 9.17) is 15.6 Å². The number of hydrogen-bond donors (Lipinski definition) is 3. The summed E-state index contributed by atoms with van der Waals surface area (Å²) in [5, 5.41) is 11.3. The van der Waals surface area contributed by atoms with Crippen LogP contribution in [0.1, 0.15) is 32.1 Å². The summed E-state index contributed by atoms with van der Waals surface area (Å²) >= 11 is 0. The zero-order chi connectivity index (χ0) is 13.6. The van der Waals surface area contributed by atoms with E-state index in [1.165, 1.54) is 0 Å². The van der Waals surface area contributed by atoms with E-state index in [2.05, 4.69) is 5.32 Å². The van der Waals surface area contributed by atoms with Crippen LogP contribution in [0.3, 0.4) is 0 Å². The van der Waals surface area contributed by atoms with Crippen molar-refractivity contribution in [1.29, 1.82) is 0 Å². The molecule has 6 nitrogen and oxygen atoms in total. The maximum Gasteiger partial charge on any atom is 0.303 e. The molecule has 4 N–H and O–H groups in total. The predicted octanol–water partition coefficient (Wildman–Crippen LogP) is 0.111. The van der Waals surface area contributed by atoms with E-state index in [0.717, 1.165) is 19.3 Å². The number of rotatable bonds is 9. The number of carboxylic acids is 1. The number of carboxylic acid groups (broad SMARTS) is 1. The van der Waals surface area contributed by atoms with Gasteiger partial charge in [0.25, 0.3) is 0 Å². The third kappa shape index (κ3) is 5.01. The number of carbonyl (C=O) groups is 2. The van der Waals surface area contributed by atoms with E-state index in [1.54, 1.807) is 7.11 Å². The molecule has 0 aliphatic heterocycles. The minimum absolute atomic E-state index is 0.0800. The summed E-state index contributed by atoms with van der Waals surface area (Å²) in [7, 11) is 1.66. The van der Waals surface area contributed by atoms with Crippen molar-refractivity contribution < 1.29 is 19.4 Å². The maximum atomic E-state index is 11.6. The average molecular weight is 258 g/mol. The molecule has 1 aliphatic rings. The molecule has 104 valence electrons. The van der Waals surface area contributed by atoms with Gasteiger partial charge in [0.2, 0.25) is 5.91 Å². The average Bonchev–Trinajstić information content (AvgIpc) is 3.11. The van der Waals surface area contributed by atoms with Gasteiger partial charge < -0.3 is 20.9 Å². The molecule has 0 heterocycles. The van der Waals surface area contributed by atoms with Crippen LogP contribution in [0.4, 0.5) is 0 Å². The molecule has 0 aromatic rings. The highest BCUT2D eigenvalue weighted by Crippen LogP contribution is 2.48. The summed E-state index contributed by atoms with van der Waals surface area (Å²) in [4.78, 5) is 22.0.